The molecular formula is C28H30N4O3. The fraction of sp³-hybridized carbons (Fsp3) is 0.250. The van der Waals surface area contributed by atoms with Crippen molar-refractivity contribution in [3.8, 4) is 11.4 Å². The molecule has 0 unspecified atom stereocenters. The monoisotopic (exact) mass is 470 g/mol. The fourth-order valence-corrected chi connectivity index (χ4v) is 4.03. The van der Waals surface area contributed by atoms with Crippen molar-refractivity contribution in [2.24, 2.45) is 0 Å². The zero-order valence-corrected chi connectivity index (χ0v) is 20.1. The minimum atomic E-state index is -0.297. The Balaban J connectivity index is 1.48. The van der Waals surface area contributed by atoms with E-state index in [4.69, 9.17) is 4.74 Å². The van der Waals surface area contributed by atoms with Gasteiger partial charge in [-0.1, -0.05) is 55.5 Å². The summed E-state index contributed by atoms with van der Waals surface area (Å²) >= 11 is 0. The Labute approximate surface area is 205 Å². The van der Waals surface area contributed by atoms with E-state index in [2.05, 4.69) is 34.4 Å². The van der Waals surface area contributed by atoms with Crippen LogP contribution in [0.4, 0.5) is 0 Å². The van der Waals surface area contributed by atoms with Crippen molar-refractivity contribution < 1.29 is 9.53 Å². The number of carbonyl (C=O) groups excluding carboxylic acids is 1. The maximum atomic E-state index is 13.1. The van der Waals surface area contributed by atoms with Crippen LogP contribution in [0.1, 0.15) is 29.4 Å². The molecule has 0 radical (unpaired) electrons. The molecule has 3 aromatic carbocycles. The zero-order chi connectivity index (χ0) is 24.6. The molecule has 0 saturated heterocycles. The standard InChI is InChI=1S/C28H30N4O3/c1-3-31(20-21-10-5-4-6-11-21)19-9-18-29-27(33)26-24-12-7-8-13-25(24)28(34)32(30-26)22-14-16-23(35-2)17-15-22/h4-8,10-17H,3,9,18-20H2,1-2H3,(H,29,33). The molecule has 0 saturated carbocycles. The highest BCUT2D eigenvalue weighted by atomic mass is 16.5. The molecule has 0 aliphatic rings. The SMILES string of the molecule is CCN(CCCNC(=O)c1nn(-c2ccc(OC)cc2)c(=O)c2ccccc12)Cc1ccccc1. The molecule has 7 heteroatoms. The molecule has 0 bridgehead atoms. The van der Waals surface area contributed by atoms with Gasteiger partial charge < -0.3 is 10.1 Å². The summed E-state index contributed by atoms with van der Waals surface area (Å²) in [7, 11) is 1.58. The first-order chi connectivity index (χ1) is 17.1. The van der Waals surface area contributed by atoms with E-state index in [1.54, 1.807) is 55.6 Å². The van der Waals surface area contributed by atoms with E-state index in [0.717, 1.165) is 26.1 Å². The molecular weight excluding hydrogens is 440 g/mol. The molecule has 1 amide bonds. The van der Waals surface area contributed by atoms with Crippen molar-refractivity contribution in [1.29, 1.82) is 0 Å². The molecule has 7 nitrogen and oxygen atoms in total. The van der Waals surface area contributed by atoms with Crippen LogP contribution >= 0.6 is 0 Å². The topological polar surface area (TPSA) is 76.5 Å². The Hall–Kier alpha value is -3.97. The van der Waals surface area contributed by atoms with Crippen molar-refractivity contribution in [3.63, 3.8) is 0 Å². The van der Waals surface area contributed by atoms with Crippen LogP contribution in [0.3, 0.4) is 0 Å². The summed E-state index contributed by atoms with van der Waals surface area (Å²) in [5.74, 6) is 0.378. The molecule has 1 aromatic heterocycles. The molecule has 0 fully saturated rings. The molecule has 1 heterocycles. The number of amides is 1. The Bertz CT molecular complexity index is 1330. The summed E-state index contributed by atoms with van der Waals surface area (Å²) in [6.07, 6.45) is 0.808. The average molecular weight is 471 g/mol. The summed E-state index contributed by atoms with van der Waals surface area (Å²) < 4.78 is 6.48. The van der Waals surface area contributed by atoms with Crippen molar-refractivity contribution >= 4 is 16.7 Å². The lowest BCUT2D eigenvalue weighted by atomic mass is 10.1. The van der Waals surface area contributed by atoms with Gasteiger partial charge >= 0.3 is 0 Å². The first kappa shape index (κ1) is 24.2. The summed E-state index contributed by atoms with van der Waals surface area (Å²) in [6.45, 7) is 5.33. The molecule has 4 rings (SSSR count). The lowest BCUT2D eigenvalue weighted by molar-refractivity contribution is 0.0946. The van der Waals surface area contributed by atoms with E-state index in [1.165, 1.54) is 10.2 Å². The third-order valence-corrected chi connectivity index (χ3v) is 5.97. The van der Waals surface area contributed by atoms with Crippen molar-refractivity contribution in [1.82, 2.24) is 20.0 Å². The second kappa shape index (κ2) is 11.4. The van der Waals surface area contributed by atoms with Crippen LogP contribution in [0.5, 0.6) is 5.75 Å². The molecule has 180 valence electrons. The third kappa shape index (κ3) is 5.75. The van der Waals surface area contributed by atoms with Crippen LogP contribution in [0.25, 0.3) is 16.5 Å². The van der Waals surface area contributed by atoms with Crippen LogP contribution in [0.2, 0.25) is 0 Å². The van der Waals surface area contributed by atoms with Crippen LogP contribution in [-0.2, 0) is 6.54 Å². The Morgan fingerprint density at radius 3 is 2.34 bits per heavy atom. The van der Waals surface area contributed by atoms with Gasteiger partial charge in [-0.05, 0) is 48.9 Å². The number of nitrogens with zero attached hydrogens (tertiary/aromatic N) is 3. The Morgan fingerprint density at radius 2 is 1.66 bits per heavy atom. The van der Waals surface area contributed by atoms with Gasteiger partial charge in [0.05, 0.1) is 18.2 Å². The highest BCUT2D eigenvalue weighted by Gasteiger charge is 2.17. The van der Waals surface area contributed by atoms with Gasteiger partial charge in [0.1, 0.15) is 5.75 Å². The molecule has 0 spiro atoms. The third-order valence-electron chi connectivity index (χ3n) is 5.97. The highest BCUT2D eigenvalue weighted by Crippen LogP contribution is 2.17. The van der Waals surface area contributed by atoms with Crippen molar-refractivity contribution in [2.45, 2.75) is 19.9 Å². The number of benzene rings is 3. The lowest BCUT2D eigenvalue weighted by Gasteiger charge is -2.20. The number of nitrogens with one attached hydrogen (secondary N) is 1. The summed E-state index contributed by atoms with van der Waals surface area (Å²) in [5.41, 5.74) is 1.79. The van der Waals surface area contributed by atoms with E-state index in [9.17, 15) is 9.59 Å². The normalized spacial score (nSPS) is 11.1. The Kier molecular flexibility index (Phi) is 7.90. The number of ether oxygens (including phenoxy) is 1. The van der Waals surface area contributed by atoms with Crippen LogP contribution in [-0.4, -0.2) is 47.3 Å². The van der Waals surface area contributed by atoms with E-state index in [0.29, 0.717) is 28.8 Å². The number of hydrogen-bond acceptors (Lipinski definition) is 5. The fourth-order valence-electron chi connectivity index (χ4n) is 4.03. The summed E-state index contributed by atoms with van der Waals surface area (Å²) in [6, 6.07) is 24.4. The highest BCUT2D eigenvalue weighted by molar-refractivity contribution is 6.04. The molecule has 0 aliphatic heterocycles. The van der Waals surface area contributed by atoms with Gasteiger partial charge in [0.25, 0.3) is 11.5 Å². The number of carbonyl (C=O) groups is 1. The second-order valence-corrected chi connectivity index (χ2v) is 8.27. The van der Waals surface area contributed by atoms with Crippen molar-refractivity contribution in [2.75, 3.05) is 26.7 Å². The maximum Gasteiger partial charge on any atom is 0.279 e. The van der Waals surface area contributed by atoms with Crippen molar-refractivity contribution in [3.05, 3.63) is 100 Å². The van der Waals surface area contributed by atoms with Gasteiger partial charge in [0, 0.05) is 25.0 Å². The quantitative estimate of drug-likeness (QED) is 0.354. The van der Waals surface area contributed by atoms with Crippen LogP contribution in [0.15, 0.2) is 83.7 Å². The van der Waals surface area contributed by atoms with E-state index in [1.807, 2.05) is 18.2 Å². The molecule has 4 aromatic rings. The van der Waals surface area contributed by atoms with Gasteiger partial charge in [-0.2, -0.15) is 9.78 Å². The Morgan fingerprint density at radius 1 is 0.971 bits per heavy atom. The minimum Gasteiger partial charge on any atom is -0.497 e. The number of hydrogen-bond donors (Lipinski definition) is 1. The van der Waals surface area contributed by atoms with E-state index < -0.39 is 0 Å². The predicted molar refractivity (Wildman–Crippen MR) is 138 cm³/mol. The lowest BCUT2D eigenvalue weighted by Crippen LogP contribution is -2.32. The first-order valence-corrected chi connectivity index (χ1v) is 11.8. The zero-order valence-electron chi connectivity index (χ0n) is 20.1. The number of aromatic nitrogens is 2. The smallest absolute Gasteiger partial charge is 0.279 e. The van der Waals surface area contributed by atoms with Gasteiger partial charge in [-0.15, -0.1) is 0 Å². The molecule has 1 N–H and O–H groups in total. The number of methoxy groups -OCH3 is 1. The van der Waals surface area contributed by atoms with Gasteiger partial charge in [0.15, 0.2) is 5.69 Å². The second-order valence-electron chi connectivity index (χ2n) is 8.27. The molecule has 0 atom stereocenters. The van der Waals surface area contributed by atoms with E-state index in [-0.39, 0.29) is 17.2 Å². The number of rotatable bonds is 10. The first-order valence-electron chi connectivity index (χ1n) is 11.8. The largest absolute Gasteiger partial charge is 0.497 e. The van der Waals surface area contributed by atoms with Crippen LogP contribution in [0, 0.1) is 0 Å². The minimum absolute atomic E-state index is 0.229. The van der Waals surface area contributed by atoms with Gasteiger partial charge in [0.2, 0.25) is 0 Å². The molecule has 35 heavy (non-hydrogen) atoms. The van der Waals surface area contributed by atoms with Gasteiger partial charge in [-0.3, -0.25) is 14.5 Å². The van der Waals surface area contributed by atoms with Gasteiger partial charge in [-0.25, -0.2) is 0 Å². The van der Waals surface area contributed by atoms with Crippen LogP contribution < -0.4 is 15.6 Å². The maximum absolute atomic E-state index is 13.1. The average Bonchev–Trinajstić information content (AvgIpc) is 2.91. The molecule has 0 aliphatic carbocycles. The number of fused-ring (bicyclic) bond motifs is 1. The summed E-state index contributed by atoms with van der Waals surface area (Å²) in [5, 5.41) is 8.43. The van der Waals surface area contributed by atoms with E-state index >= 15 is 0 Å². The summed E-state index contributed by atoms with van der Waals surface area (Å²) in [4.78, 5) is 28.6. The predicted octanol–water partition coefficient (Wildman–Crippen LogP) is 4.04.